The molecular weight excluding hydrogens is 200 g/mol. The van der Waals surface area contributed by atoms with E-state index >= 15 is 0 Å². The molecule has 0 amide bonds. The Hall–Kier alpha value is -0.120. The summed E-state index contributed by atoms with van der Waals surface area (Å²) in [5.74, 6) is 1.48. The predicted octanol–water partition coefficient (Wildman–Crippen LogP) is 1.34. The first kappa shape index (κ1) is 12.3. The summed E-state index contributed by atoms with van der Waals surface area (Å²) >= 11 is 0. The molecule has 2 fully saturated rings. The molecule has 0 radical (unpaired) electrons. The zero-order valence-electron chi connectivity index (χ0n) is 11.0. The van der Waals surface area contributed by atoms with Gasteiger partial charge in [0, 0.05) is 25.2 Å². The highest BCUT2D eigenvalue weighted by Gasteiger charge is 2.37. The molecule has 3 atom stereocenters. The van der Waals surface area contributed by atoms with E-state index in [4.69, 9.17) is 4.74 Å². The third kappa shape index (κ3) is 2.76. The number of hydrogen-bond donors (Lipinski definition) is 1. The van der Waals surface area contributed by atoms with E-state index in [0.717, 1.165) is 38.1 Å². The molecule has 0 aromatic rings. The highest BCUT2D eigenvalue weighted by molar-refractivity contribution is 4.92. The van der Waals surface area contributed by atoms with E-state index in [-0.39, 0.29) is 0 Å². The summed E-state index contributed by atoms with van der Waals surface area (Å²) in [6.07, 6.45) is 1.19. The third-order valence-corrected chi connectivity index (χ3v) is 4.01. The van der Waals surface area contributed by atoms with Gasteiger partial charge in [-0.15, -0.1) is 0 Å². The van der Waals surface area contributed by atoms with Crippen LogP contribution in [0.15, 0.2) is 0 Å². The van der Waals surface area contributed by atoms with Gasteiger partial charge >= 0.3 is 0 Å². The number of nitrogens with one attached hydrogen (secondary N) is 1. The molecule has 2 heterocycles. The fraction of sp³-hybridized carbons (Fsp3) is 1.00. The maximum atomic E-state index is 5.60. The average molecular weight is 226 g/mol. The Morgan fingerprint density at radius 1 is 1.19 bits per heavy atom. The second-order valence-corrected chi connectivity index (χ2v) is 6.07. The summed E-state index contributed by atoms with van der Waals surface area (Å²) in [5, 5.41) is 3.55. The quantitative estimate of drug-likeness (QED) is 0.730. The maximum absolute atomic E-state index is 5.60. The van der Waals surface area contributed by atoms with Crippen LogP contribution in [-0.4, -0.2) is 49.8 Å². The van der Waals surface area contributed by atoms with Gasteiger partial charge in [0.15, 0.2) is 0 Å². The van der Waals surface area contributed by atoms with Gasteiger partial charge in [-0.3, -0.25) is 4.90 Å². The molecule has 0 bridgehead atoms. The van der Waals surface area contributed by atoms with Gasteiger partial charge in [-0.1, -0.05) is 13.8 Å². The summed E-state index contributed by atoms with van der Waals surface area (Å²) in [6.45, 7) is 13.6. The van der Waals surface area contributed by atoms with Crippen LogP contribution in [0.4, 0.5) is 0 Å². The molecule has 0 saturated carbocycles. The lowest BCUT2D eigenvalue weighted by Gasteiger charge is -2.42. The standard InChI is InChI=1S/C13H26N2O/c1-11-6-14-7-12(2)9-15(8-11)13(3)4-5-16-10-13/h11-12,14H,4-10H2,1-3H3. The molecule has 2 aliphatic heterocycles. The van der Waals surface area contributed by atoms with E-state index in [0.29, 0.717) is 5.54 Å². The Morgan fingerprint density at radius 2 is 1.81 bits per heavy atom. The summed E-state index contributed by atoms with van der Waals surface area (Å²) in [5.41, 5.74) is 0.292. The normalized spacial score (nSPS) is 42.9. The Morgan fingerprint density at radius 3 is 2.31 bits per heavy atom. The van der Waals surface area contributed by atoms with Crippen LogP contribution < -0.4 is 5.32 Å². The van der Waals surface area contributed by atoms with Gasteiger partial charge in [0.25, 0.3) is 0 Å². The zero-order chi connectivity index (χ0) is 11.6. The van der Waals surface area contributed by atoms with Gasteiger partial charge in [-0.2, -0.15) is 0 Å². The summed E-state index contributed by atoms with van der Waals surface area (Å²) < 4.78 is 5.60. The van der Waals surface area contributed by atoms with E-state index in [1.807, 2.05) is 0 Å². The Bertz CT molecular complexity index is 214. The van der Waals surface area contributed by atoms with Gasteiger partial charge < -0.3 is 10.1 Å². The number of hydrogen-bond acceptors (Lipinski definition) is 3. The topological polar surface area (TPSA) is 24.5 Å². The van der Waals surface area contributed by atoms with Crippen molar-refractivity contribution < 1.29 is 4.74 Å². The molecule has 0 aliphatic carbocycles. The van der Waals surface area contributed by atoms with Crippen LogP contribution in [0.25, 0.3) is 0 Å². The number of rotatable bonds is 1. The second kappa shape index (κ2) is 5.03. The third-order valence-electron chi connectivity index (χ3n) is 4.01. The lowest BCUT2D eigenvalue weighted by atomic mass is 9.94. The van der Waals surface area contributed by atoms with Crippen LogP contribution in [0, 0.1) is 11.8 Å². The summed E-state index contributed by atoms with van der Waals surface area (Å²) in [6, 6.07) is 0. The molecule has 2 saturated heterocycles. The Labute approximate surface area is 99.5 Å². The summed E-state index contributed by atoms with van der Waals surface area (Å²) in [7, 11) is 0. The molecule has 16 heavy (non-hydrogen) atoms. The van der Waals surface area contributed by atoms with Crippen molar-refractivity contribution in [3.05, 3.63) is 0 Å². The van der Waals surface area contributed by atoms with E-state index in [1.165, 1.54) is 19.5 Å². The minimum absolute atomic E-state index is 0.292. The van der Waals surface area contributed by atoms with Crippen molar-refractivity contribution >= 4 is 0 Å². The van der Waals surface area contributed by atoms with Gasteiger partial charge in [0.2, 0.25) is 0 Å². The largest absolute Gasteiger partial charge is 0.379 e. The first-order valence-corrected chi connectivity index (χ1v) is 6.64. The van der Waals surface area contributed by atoms with Crippen molar-refractivity contribution in [3.8, 4) is 0 Å². The van der Waals surface area contributed by atoms with Crippen molar-refractivity contribution in [3.63, 3.8) is 0 Å². The molecule has 2 rings (SSSR count). The Balaban J connectivity index is 2.03. The molecule has 0 spiro atoms. The average Bonchev–Trinajstić information content (AvgIpc) is 2.63. The smallest absolute Gasteiger partial charge is 0.0648 e. The molecule has 94 valence electrons. The molecule has 3 heteroatoms. The van der Waals surface area contributed by atoms with Gasteiger partial charge in [0.1, 0.15) is 0 Å². The van der Waals surface area contributed by atoms with Crippen LogP contribution in [0.2, 0.25) is 0 Å². The lowest BCUT2D eigenvalue weighted by molar-refractivity contribution is 0.0491. The van der Waals surface area contributed by atoms with Crippen LogP contribution in [0.3, 0.4) is 0 Å². The molecule has 3 unspecified atom stereocenters. The van der Waals surface area contributed by atoms with Gasteiger partial charge in [-0.25, -0.2) is 0 Å². The molecule has 0 aromatic carbocycles. The second-order valence-electron chi connectivity index (χ2n) is 6.07. The number of nitrogens with zero attached hydrogens (tertiary/aromatic N) is 1. The van der Waals surface area contributed by atoms with Crippen LogP contribution >= 0.6 is 0 Å². The van der Waals surface area contributed by atoms with Crippen LogP contribution in [0.5, 0.6) is 0 Å². The van der Waals surface area contributed by atoms with E-state index < -0.39 is 0 Å². The van der Waals surface area contributed by atoms with Crippen molar-refractivity contribution in [2.45, 2.75) is 32.7 Å². The fourth-order valence-electron chi connectivity index (χ4n) is 2.88. The molecule has 1 N–H and O–H groups in total. The molecule has 2 aliphatic rings. The van der Waals surface area contributed by atoms with Crippen molar-refractivity contribution in [1.82, 2.24) is 10.2 Å². The van der Waals surface area contributed by atoms with Crippen molar-refractivity contribution in [1.29, 1.82) is 0 Å². The number of ether oxygens (including phenoxy) is 1. The fourth-order valence-corrected chi connectivity index (χ4v) is 2.88. The molecular formula is C13H26N2O. The van der Waals surface area contributed by atoms with E-state index in [9.17, 15) is 0 Å². The zero-order valence-corrected chi connectivity index (χ0v) is 11.0. The van der Waals surface area contributed by atoms with E-state index in [1.54, 1.807) is 0 Å². The first-order valence-electron chi connectivity index (χ1n) is 6.64. The minimum Gasteiger partial charge on any atom is -0.379 e. The maximum Gasteiger partial charge on any atom is 0.0648 e. The summed E-state index contributed by atoms with van der Waals surface area (Å²) in [4.78, 5) is 2.68. The Kier molecular flexibility index (Phi) is 3.88. The van der Waals surface area contributed by atoms with Crippen molar-refractivity contribution in [2.75, 3.05) is 39.4 Å². The minimum atomic E-state index is 0.292. The monoisotopic (exact) mass is 226 g/mol. The molecule has 3 nitrogen and oxygen atoms in total. The van der Waals surface area contributed by atoms with E-state index in [2.05, 4.69) is 31.0 Å². The van der Waals surface area contributed by atoms with Crippen LogP contribution in [-0.2, 0) is 4.74 Å². The highest BCUT2D eigenvalue weighted by Crippen LogP contribution is 2.27. The van der Waals surface area contributed by atoms with Gasteiger partial charge in [0.05, 0.1) is 6.61 Å². The van der Waals surface area contributed by atoms with Crippen molar-refractivity contribution in [2.24, 2.45) is 11.8 Å². The first-order chi connectivity index (χ1) is 7.60. The van der Waals surface area contributed by atoms with Gasteiger partial charge in [-0.05, 0) is 38.3 Å². The molecule has 0 aromatic heterocycles. The highest BCUT2D eigenvalue weighted by atomic mass is 16.5. The van der Waals surface area contributed by atoms with Crippen LogP contribution in [0.1, 0.15) is 27.2 Å². The predicted molar refractivity (Wildman–Crippen MR) is 66.6 cm³/mol. The lowest BCUT2D eigenvalue weighted by Crippen LogP contribution is -2.53. The SMILES string of the molecule is CC1CNCC(C)CN(C2(C)CCOC2)C1.